The highest BCUT2D eigenvalue weighted by molar-refractivity contribution is 6.62. The lowest BCUT2D eigenvalue weighted by atomic mass is 9.71. The van der Waals surface area contributed by atoms with Crippen molar-refractivity contribution < 1.29 is 32.7 Å². The van der Waals surface area contributed by atoms with Crippen molar-refractivity contribution in [2.24, 2.45) is 0 Å². The van der Waals surface area contributed by atoms with Crippen molar-refractivity contribution in [1.29, 1.82) is 0 Å². The SMILES string of the molecule is [B]C([B])(O)N(C)C(CC)c1nc2ccc(B3OC(C)(C)C(C)(C)O3)cc2n1-c1c(C=O)cccc1OC(F)F. The molecule has 0 saturated carbocycles. The fourth-order valence-corrected chi connectivity index (χ4v) is 4.64. The molecule has 0 amide bonds. The van der Waals surface area contributed by atoms with E-state index in [-0.39, 0.29) is 17.0 Å². The molecule has 0 bridgehead atoms. The largest absolute Gasteiger partial charge is 0.494 e. The summed E-state index contributed by atoms with van der Waals surface area (Å²) in [6.45, 7) is 6.42. The van der Waals surface area contributed by atoms with Crippen molar-refractivity contribution in [2.45, 2.75) is 70.4 Å². The van der Waals surface area contributed by atoms with E-state index in [2.05, 4.69) is 0 Å². The van der Waals surface area contributed by atoms with E-state index < -0.39 is 36.5 Å². The Hall–Kier alpha value is -2.73. The van der Waals surface area contributed by atoms with Crippen molar-refractivity contribution in [3.63, 3.8) is 0 Å². The summed E-state index contributed by atoms with van der Waals surface area (Å²) in [5.74, 6) is 0.0632. The number of imidazole rings is 1. The molecule has 4 radical (unpaired) electrons. The number of ether oxygens (including phenoxy) is 1. The molecule has 1 atom stereocenters. The molecule has 39 heavy (non-hydrogen) atoms. The van der Waals surface area contributed by atoms with Crippen LogP contribution >= 0.6 is 0 Å². The number of benzene rings is 2. The Morgan fingerprint density at radius 2 is 1.85 bits per heavy atom. The molecule has 0 spiro atoms. The van der Waals surface area contributed by atoms with E-state index >= 15 is 0 Å². The minimum atomic E-state index is -3.15. The second-order valence-electron chi connectivity index (χ2n) is 10.7. The maximum atomic E-state index is 13.5. The molecule has 0 aliphatic carbocycles. The van der Waals surface area contributed by atoms with E-state index in [1.807, 2.05) is 34.6 Å². The molecule has 1 N–H and O–H groups in total. The van der Waals surface area contributed by atoms with Crippen molar-refractivity contribution >= 4 is 45.6 Å². The summed E-state index contributed by atoms with van der Waals surface area (Å²) in [6, 6.07) is 8.90. The van der Waals surface area contributed by atoms with Crippen LogP contribution in [0.15, 0.2) is 36.4 Å². The molecule has 1 aliphatic rings. The number of carbonyl (C=O) groups excluding carboxylic acids is 1. The summed E-state index contributed by atoms with van der Waals surface area (Å²) in [5, 5.41) is 10.4. The standard InChI is InChI=1S/C26H30B3F2N3O5/c1-7-18(33(6)26(27,28)36)22-32-17-12-11-16(29-38-24(2,3)25(4,5)39-29)13-19(17)34(22)21-15(14-35)9-8-10-20(21)37-23(30)31/h8-14,18,23,36H,7H2,1-6H3. The van der Waals surface area contributed by atoms with Gasteiger partial charge in [0.05, 0.1) is 28.3 Å². The Morgan fingerprint density at radius 3 is 2.38 bits per heavy atom. The van der Waals surface area contributed by atoms with Gasteiger partial charge >= 0.3 is 13.7 Å². The minimum Gasteiger partial charge on any atom is -0.433 e. The average molecular weight is 535 g/mol. The summed E-state index contributed by atoms with van der Waals surface area (Å²) in [6.07, 6.45) is 0.920. The maximum Gasteiger partial charge on any atom is 0.494 e. The lowest BCUT2D eigenvalue weighted by molar-refractivity contribution is -0.0499. The monoisotopic (exact) mass is 535 g/mol. The minimum absolute atomic E-state index is 0.0563. The third-order valence-corrected chi connectivity index (χ3v) is 7.54. The number of nitrogens with zero attached hydrogens (tertiary/aromatic N) is 3. The molecule has 8 nitrogen and oxygen atoms in total. The van der Waals surface area contributed by atoms with Crippen LogP contribution in [0.2, 0.25) is 0 Å². The van der Waals surface area contributed by atoms with Gasteiger partial charge in [-0.2, -0.15) is 8.78 Å². The Bertz CT molecular complexity index is 1360. The van der Waals surface area contributed by atoms with Gasteiger partial charge in [0.2, 0.25) is 0 Å². The van der Waals surface area contributed by atoms with Crippen molar-refractivity contribution in [1.82, 2.24) is 14.5 Å². The zero-order chi connectivity index (χ0) is 28.9. The summed E-state index contributed by atoms with van der Waals surface area (Å²) < 4.78 is 45.8. The van der Waals surface area contributed by atoms with Gasteiger partial charge in [0.25, 0.3) is 0 Å². The first-order chi connectivity index (χ1) is 18.1. The molecule has 4 rings (SSSR count). The topological polar surface area (TPSA) is 86.1 Å². The van der Waals surface area contributed by atoms with Gasteiger partial charge in [0.15, 0.2) is 12.0 Å². The summed E-state index contributed by atoms with van der Waals surface area (Å²) in [7, 11) is 12.4. The Kier molecular flexibility index (Phi) is 7.77. The Balaban J connectivity index is 2.03. The highest BCUT2D eigenvalue weighted by Crippen LogP contribution is 2.39. The lowest BCUT2D eigenvalue weighted by Gasteiger charge is -2.38. The second kappa shape index (κ2) is 10.4. The molecule has 1 fully saturated rings. The molecule has 202 valence electrons. The number of hydrogen-bond acceptors (Lipinski definition) is 7. The fraction of sp³-hybridized carbons (Fsp3) is 0.462. The van der Waals surface area contributed by atoms with E-state index in [1.54, 1.807) is 22.8 Å². The van der Waals surface area contributed by atoms with Crippen LogP contribution in [0.3, 0.4) is 0 Å². The van der Waals surface area contributed by atoms with Crippen LogP contribution < -0.4 is 10.2 Å². The quantitative estimate of drug-likeness (QED) is 0.256. The summed E-state index contributed by atoms with van der Waals surface area (Å²) >= 11 is 0. The predicted molar refractivity (Wildman–Crippen MR) is 146 cm³/mol. The summed E-state index contributed by atoms with van der Waals surface area (Å²) in [5.41, 5.74) is -1.66. The second-order valence-corrected chi connectivity index (χ2v) is 10.7. The van der Waals surface area contributed by atoms with E-state index in [0.717, 1.165) is 0 Å². The average Bonchev–Trinajstić information content (AvgIpc) is 3.30. The van der Waals surface area contributed by atoms with Gasteiger partial charge in [0, 0.05) is 11.1 Å². The van der Waals surface area contributed by atoms with Crippen molar-refractivity contribution in [3.8, 4) is 11.4 Å². The van der Waals surface area contributed by atoms with Gasteiger partial charge in [-0.25, -0.2) is 4.98 Å². The maximum absolute atomic E-state index is 13.5. The van der Waals surface area contributed by atoms with Gasteiger partial charge in [-0.05, 0) is 70.9 Å². The number of hydrogen-bond donors (Lipinski definition) is 1. The van der Waals surface area contributed by atoms with Crippen LogP contribution in [0.1, 0.15) is 63.3 Å². The molecule has 1 aliphatic heterocycles. The van der Waals surface area contributed by atoms with Crippen molar-refractivity contribution in [2.75, 3.05) is 7.05 Å². The zero-order valence-corrected chi connectivity index (χ0v) is 22.8. The number of aldehydes is 1. The fourth-order valence-electron chi connectivity index (χ4n) is 4.64. The Morgan fingerprint density at radius 1 is 1.21 bits per heavy atom. The molecule has 1 saturated heterocycles. The Labute approximate surface area is 229 Å². The van der Waals surface area contributed by atoms with Gasteiger partial charge in [-0.1, -0.05) is 19.1 Å². The first kappa shape index (κ1) is 29.3. The highest BCUT2D eigenvalue weighted by Gasteiger charge is 2.51. The number of aromatic nitrogens is 2. The first-order valence-corrected chi connectivity index (χ1v) is 12.6. The van der Waals surface area contributed by atoms with E-state index in [9.17, 15) is 18.7 Å². The smallest absolute Gasteiger partial charge is 0.433 e. The molecular weight excluding hydrogens is 505 g/mol. The zero-order valence-electron chi connectivity index (χ0n) is 22.8. The molecule has 1 aromatic heterocycles. The van der Waals surface area contributed by atoms with Crippen LogP contribution in [0.4, 0.5) is 8.78 Å². The first-order valence-electron chi connectivity index (χ1n) is 12.6. The molecule has 2 aromatic carbocycles. The third kappa shape index (κ3) is 5.37. The number of rotatable bonds is 9. The third-order valence-electron chi connectivity index (χ3n) is 7.54. The molecule has 1 unspecified atom stereocenters. The van der Waals surface area contributed by atoms with Gasteiger partial charge in [-0.15, -0.1) is 0 Å². The van der Waals surface area contributed by atoms with Gasteiger partial charge < -0.3 is 19.2 Å². The number of halogens is 2. The normalized spacial score (nSPS) is 17.8. The van der Waals surface area contributed by atoms with Crippen LogP contribution in [0.5, 0.6) is 5.75 Å². The van der Waals surface area contributed by atoms with Crippen LogP contribution in [0.25, 0.3) is 16.7 Å². The van der Waals surface area contributed by atoms with Gasteiger partial charge in [-0.3, -0.25) is 14.3 Å². The molecule has 3 aromatic rings. The number of para-hydroxylation sites is 1. The number of fused-ring (bicyclic) bond motifs is 1. The van der Waals surface area contributed by atoms with Gasteiger partial charge in [0.1, 0.15) is 27.2 Å². The highest BCUT2D eigenvalue weighted by atomic mass is 19.3. The number of aliphatic hydroxyl groups is 1. The van der Waals surface area contributed by atoms with E-state index in [4.69, 9.17) is 34.7 Å². The predicted octanol–water partition coefficient (Wildman–Crippen LogP) is 3.06. The molecular formula is C26H30B3F2N3O5. The van der Waals surface area contributed by atoms with Crippen LogP contribution in [-0.4, -0.2) is 79.0 Å². The lowest BCUT2D eigenvalue weighted by Crippen LogP contribution is -2.49. The summed E-state index contributed by atoms with van der Waals surface area (Å²) in [4.78, 5) is 18.2. The van der Waals surface area contributed by atoms with Crippen LogP contribution in [-0.2, 0) is 9.31 Å². The molecule has 13 heteroatoms. The molecule has 2 heterocycles. The van der Waals surface area contributed by atoms with Crippen molar-refractivity contribution in [3.05, 3.63) is 47.8 Å². The van der Waals surface area contributed by atoms with Crippen LogP contribution in [0, 0.1) is 0 Å². The van der Waals surface area contributed by atoms with E-state index in [1.165, 1.54) is 30.1 Å². The number of alkyl halides is 2. The number of carbonyl (C=O) groups is 1. The van der Waals surface area contributed by atoms with E-state index in [0.29, 0.717) is 35.0 Å².